The van der Waals surface area contributed by atoms with Crippen LogP contribution in [0.1, 0.15) is 29.7 Å². The fraction of sp³-hybridized carbons (Fsp3) is 0.318. The van der Waals surface area contributed by atoms with Crippen molar-refractivity contribution in [2.75, 3.05) is 18.0 Å². The predicted molar refractivity (Wildman–Crippen MR) is 123 cm³/mol. The molecule has 2 heterocycles. The summed E-state index contributed by atoms with van der Waals surface area (Å²) in [7, 11) is -3.84. The summed E-state index contributed by atoms with van der Waals surface area (Å²) in [6, 6.07) is 12.0. The van der Waals surface area contributed by atoms with E-state index in [2.05, 4.69) is 15.9 Å². The first kappa shape index (κ1) is 23.3. The Labute approximate surface area is 197 Å². The molecular weight excluding hydrogens is 525 g/mol. The van der Waals surface area contributed by atoms with E-state index in [9.17, 15) is 21.6 Å². The third-order valence-electron chi connectivity index (χ3n) is 5.46. The number of thiazole rings is 1. The van der Waals surface area contributed by atoms with E-state index in [0.29, 0.717) is 32.4 Å². The fourth-order valence-corrected chi connectivity index (χ4v) is 6.88. The van der Waals surface area contributed by atoms with Crippen LogP contribution in [0, 0.1) is 0 Å². The highest BCUT2D eigenvalue weighted by Gasteiger charge is 2.35. The number of piperidine rings is 1. The molecule has 3 aromatic rings. The Morgan fingerprint density at radius 2 is 1.81 bits per heavy atom. The fourth-order valence-electron chi connectivity index (χ4n) is 3.78. The van der Waals surface area contributed by atoms with Gasteiger partial charge in [-0.05, 0) is 48.7 Å². The van der Waals surface area contributed by atoms with Gasteiger partial charge in [-0.15, -0.1) is 11.3 Å². The molecule has 1 aliphatic heterocycles. The first-order valence-electron chi connectivity index (χ1n) is 9.98. The van der Waals surface area contributed by atoms with E-state index >= 15 is 0 Å². The maximum Gasteiger partial charge on any atom is 0.416 e. The summed E-state index contributed by atoms with van der Waals surface area (Å²) in [5.74, 6) is 0. The van der Waals surface area contributed by atoms with Crippen molar-refractivity contribution in [3.8, 4) is 0 Å². The number of halogens is 4. The van der Waals surface area contributed by atoms with E-state index in [4.69, 9.17) is 4.98 Å². The highest BCUT2D eigenvalue weighted by Crippen LogP contribution is 2.33. The second kappa shape index (κ2) is 9.15. The highest BCUT2D eigenvalue weighted by atomic mass is 79.9. The van der Waals surface area contributed by atoms with Crippen molar-refractivity contribution in [3.63, 3.8) is 0 Å². The van der Waals surface area contributed by atoms with Crippen LogP contribution in [0.15, 0.2) is 63.3 Å². The molecule has 1 fully saturated rings. The number of nitrogens with zero attached hydrogens (tertiary/aromatic N) is 2. The highest BCUT2D eigenvalue weighted by molar-refractivity contribution is 9.10. The molecule has 32 heavy (non-hydrogen) atoms. The van der Waals surface area contributed by atoms with Crippen LogP contribution in [0.3, 0.4) is 0 Å². The van der Waals surface area contributed by atoms with Crippen molar-refractivity contribution >= 4 is 42.2 Å². The molecule has 0 spiro atoms. The molecule has 0 unspecified atom stereocenters. The number of sulfone groups is 1. The molecule has 170 valence electrons. The predicted octanol–water partition coefficient (Wildman–Crippen LogP) is 5.96. The SMILES string of the molecule is O=S(=O)(c1cccc(C(F)(F)F)c1)C1CCN(c2nc(Cc3cccc(Br)c3)cs2)CC1. The molecule has 0 atom stereocenters. The smallest absolute Gasteiger partial charge is 0.348 e. The van der Waals surface area contributed by atoms with Crippen molar-refractivity contribution in [1.82, 2.24) is 4.98 Å². The summed E-state index contributed by atoms with van der Waals surface area (Å²) in [5, 5.41) is 2.13. The zero-order valence-corrected chi connectivity index (χ0v) is 20.1. The van der Waals surface area contributed by atoms with Crippen molar-refractivity contribution < 1.29 is 21.6 Å². The molecule has 4 rings (SSSR count). The van der Waals surface area contributed by atoms with E-state index < -0.39 is 26.8 Å². The molecule has 1 saturated heterocycles. The van der Waals surface area contributed by atoms with E-state index in [0.717, 1.165) is 39.1 Å². The Balaban J connectivity index is 1.42. The number of anilines is 1. The van der Waals surface area contributed by atoms with E-state index in [1.165, 1.54) is 17.4 Å². The zero-order valence-electron chi connectivity index (χ0n) is 16.8. The van der Waals surface area contributed by atoms with Gasteiger partial charge in [0.2, 0.25) is 0 Å². The lowest BCUT2D eigenvalue weighted by atomic mass is 10.1. The summed E-state index contributed by atoms with van der Waals surface area (Å²) in [4.78, 5) is 6.48. The molecule has 0 aliphatic carbocycles. The van der Waals surface area contributed by atoms with Crippen molar-refractivity contribution in [2.45, 2.75) is 35.6 Å². The third kappa shape index (κ3) is 5.18. The largest absolute Gasteiger partial charge is 0.416 e. The molecule has 2 aromatic carbocycles. The van der Waals surface area contributed by atoms with Gasteiger partial charge in [0, 0.05) is 29.4 Å². The zero-order chi connectivity index (χ0) is 22.9. The molecule has 10 heteroatoms. The molecule has 0 radical (unpaired) electrons. The van der Waals surface area contributed by atoms with Gasteiger partial charge in [0.05, 0.1) is 21.4 Å². The lowest BCUT2D eigenvalue weighted by Crippen LogP contribution is -2.39. The molecule has 0 saturated carbocycles. The van der Waals surface area contributed by atoms with Gasteiger partial charge in [-0.2, -0.15) is 13.2 Å². The van der Waals surface area contributed by atoms with Crippen LogP contribution in [-0.2, 0) is 22.4 Å². The van der Waals surface area contributed by atoms with Gasteiger partial charge in [0.1, 0.15) is 0 Å². The van der Waals surface area contributed by atoms with Crippen molar-refractivity contribution in [3.05, 3.63) is 75.2 Å². The third-order valence-corrected chi connectivity index (χ3v) is 9.16. The first-order chi connectivity index (χ1) is 15.1. The Morgan fingerprint density at radius 3 is 2.50 bits per heavy atom. The summed E-state index contributed by atoms with van der Waals surface area (Å²) >= 11 is 4.98. The number of aromatic nitrogens is 1. The van der Waals surface area contributed by atoms with Crippen LogP contribution in [0.5, 0.6) is 0 Å². The molecule has 1 aliphatic rings. The van der Waals surface area contributed by atoms with Crippen LogP contribution in [-0.4, -0.2) is 31.7 Å². The average molecular weight is 545 g/mol. The van der Waals surface area contributed by atoms with Gasteiger partial charge in [0.15, 0.2) is 15.0 Å². The van der Waals surface area contributed by atoms with Gasteiger partial charge in [0.25, 0.3) is 0 Å². The maximum absolute atomic E-state index is 13.0. The van der Waals surface area contributed by atoms with E-state index in [1.807, 2.05) is 34.5 Å². The average Bonchev–Trinajstić information content (AvgIpc) is 3.22. The molecule has 0 amide bonds. The van der Waals surface area contributed by atoms with E-state index in [-0.39, 0.29) is 4.90 Å². The van der Waals surface area contributed by atoms with Crippen LogP contribution in [0.4, 0.5) is 18.3 Å². The van der Waals surface area contributed by atoms with E-state index in [1.54, 1.807) is 0 Å². The summed E-state index contributed by atoms with van der Waals surface area (Å²) in [6.07, 6.45) is -3.18. The number of rotatable bonds is 5. The minimum Gasteiger partial charge on any atom is -0.348 e. The van der Waals surface area contributed by atoms with Crippen molar-refractivity contribution in [2.24, 2.45) is 0 Å². The molecule has 0 N–H and O–H groups in total. The van der Waals surface area contributed by atoms with Gasteiger partial charge >= 0.3 is 6.18 Å². The van der Waals surface area contributed by atoms with Crippen LogP contribution in [0.25, 0.3) is 0 Å². The minimum absolute atomic E-state index is 0.267. The van der Waals surface area contributed by atoms with Crippen molar-refractivity contribution in [1.29, 1.82) is 0 Å². The number of hydrogen-bond acceptors (Lipinski definition) is 5. The number of benzene rings is 2. The van der Waals surface area contributed by atoms with Crippen LogP contribution in [0.2, 0.25) is 0 Å². The normalized spacial score (nSPS) is 15.8. The lowest BCUT2D eigenvalue weighted by molar-refractivity contribution is -0.137. The molecule has 1 aromatic heterocycles. The topological polar surface area (TPSA) is 50.3 Å². The van der Waals surface area contributed by atoms with Gasteiger partial charge in [-0.1, -0.05) is 34.1 Å². The van der Waals surface area contributed by atoms with Crippen LogP contribution < -0.4 is 4.90 Å². The van der Waals surface area contributed by atoms with Gasteiger partial charge in [-0.25, -0.2) is 13.4 Å². The Kier molecular flexibility index (Phi) is 6.65. The minimum atomic E-state index is -4.58. The number of alkyl halides is 3. The Morgan fingerprint density at radius 1 is 1.09 bits per heavy atom. The number of hydrogen-bond donors (Lipinski definition) is 0. The maximum atomic E-state index is 13.0. The standard InChI is InChI=1S/C22H20BrF3N2O2S2/c23-17-5-1-3-15(11-17)12-18-14-31-21(27-18)28-9-7-19(8-10-28)32(29,30)20-6-2-4-16(13-20)22(24,25)26/h1-6,11,13-14,19H,7-10,12H2. The van der Waals surface area contributed by atoms with Gasteiger partial charge < -0.3 is 4.90 Å². The first-order valence-corrected chi connectivity index (χ1v) is 13.2. The molecular formula is C22H20BrF3N2O2S2. The monoisotopic (exact) mass is 544 g/mol. The van der Waals surface area contributed by atoms with Crippen LogP contribution >= 0.6 is 27.3 Å². The molecule has 4 nitrogen and oxygen atoms in total. The summed E-state index contributed by atoms with van der Waals surface area (Å²) in [6.45, 7) is 0.986. The quantitative estimate of drug-likeness (QED) is 0.397. The Hall–Kier alpha value is -1.91. The van der Waals surface area contributed by atoms with Gasteiger partial charge in [-0.3, -0.25) is 0 Å². The second-order valence-electron chi connectivity index (χ2n) is 7.69. The second-order valence-corrected chi connectivity index (χ2v) is 11.7. The lowest BCUT2D eigenvalue weighted by Gasteiger charge is -2.31. The Bertz CT molecular complexity index is 1200. The molecule has 0 bridgehead atoms. The summed E-state index contributed by atoms with van der Waals surface area (Å²) in [5.41, 5.74) is 1.14. The summed E-state index contributed by atoms with van der Waals surface area (Å²) < 4.78 is 65.9.